The minimum Gasteiger partial charge on any atom is -0.376 e. The van der Waals surface area contributed by atoms with Gasteiger partial charge in [0.25, 0.3) is 5.91 Å². The Morgan fingerprint density at radius 3 is 2.83 bits per heavy atom. The molecule has 1 fully saturated rings. The van der Waals surface area contributed by atoms with Gasteiger partial charge in [-0.1, -0.05) is 6.92 Å². The number of amides is 2. The Morgan fingerprint density at radius 1 is 1.38 bits per heavy atom. The van der Waals surface area contributed by atoms with E-state index in [4.69, 9.17) is 4.74 Å². The maximum absolute atomic E-state index is 12.7. The molecule has 0 spiro atoms. The normalized spacial score (nSPS) is 16.8. The molecule has 0 aromatic carbocycles. The summed E-state index contributed by atoms with van der Waals surface area (Å²) in [5, 5.41) is 2.83. The van der Waals surface area contributed by atoms with Gasteiger partial charge in [-0.25, -0.2) is 4.98 Å². The van der Waals surface area contributed by atoms with Crippen LogP contribution in [0.15, 0.2) is 12.4 Å². The first-order valence-corrected chi connectivity index (χ1v) is 8.56. The molecule has 7 heteroatoms. The number of ether oxygens (including phenoxy) is 1. The van der Waals surface area contributed by atoms with E-state index >= 15 is 0 Å². The van der Waals surface area contributed by atoms with Crippen molar-refractivity contribution in [3.05, 3.63) is 23.8 Å². The first kappa shape index (κ1) is 18.3. The quantitative estimate of drug-likeness (QED) is 0.775. The molecule has 1 atom stereocenters. The molecule has 24 heavy (non-hydrogen) atoms. The standard InChI is InChI=1S/C17H26N4O3/c1-3-7-18-16(22)6-8-21(12-14-5-4-9-24-14)17(23)15-11-19-13(2)10-20-15/h10-11,14H,3-9,12H2,1-2H3,(H,18,22)/t14-/m1/s1. The molecule has 0 radical (unpaired) electrons. The lowest BCUT2D eigenvalue weighted by Gasteiger charge is -2.25. The third-order valence-corrected chi connectivity index (χ3v) is 3.92. The molecule has 2 amide bonds. The van der Waals surface area contributed by atoms with Crippen molar-refractivity contribution in [3.63, 3.8) is 0 Å². The molecule has 1 aliphatic heterocycles. The molecule has 1 aliphatic rings. The van der Waals surface area contributed by atoms with Crippen molar-refractivity contribution in [2.45, 2.75) is 45.6 Å². The fraction of sp³-hybridized carbons (Fsp3) is 0.647. The lowest BCUT2D eigenvalue weighted by atomic mass is 10.2. The zero-order chi connectivity index (χ0) is 17.4. The van der Waals surface area contributed by atoms with Crippen LogP contribution in [0.1, 0.15) is 48.8 Å². The topological polar surface area (TPSA) is 84.4 Å². The van der Waals surface area contributed by atoms with Crippen LogP contribution < -0.4 is 5.32 Å². The van der Waals surface area contributed by atoms with Gasteiger partial charge in [-0.15, -0.1) is 0 Å². The minimum absolute atomic E-state index is 0.0334. The number of nitrogens with zero attached hydrogens (tertiary/aromatic N) is 3. The molecular weight excluding hydrogens is 308 g/mol. The van der Waals surface area contributed by atoms with E-state index in [9.17, 15) is 9.59 Å². The second-order valence-corrected chi connectivity index (χ2v) is 6.03. The average Bonchev–Trinajstić information content (AvgIpc) is 3.10. The zero-order valence-corrected chi connectivity index (χ0v) is 14.5. The predicted octanol–water partition coefficient (Wildman–Crippen LogP) is 1.32. The van der Waals surface area contributed by atoms with Gasteiger partial charge in [0.15, 0.2) is 0 Å². The van der Waals surface area contributed by atoms with Crippen LogP contribution in [0.4, 0.5) is 0 Å². The monoisotopic (exact) mass is 334 g/mol. The van der Waals surface area contributed by atoms with Crippen LogP contribution in [0.25, 0.3) is 0 Å². The molecular formula is C17H26N4O3. The number of carbonyl (C=O) groups is 2. The Morgan fingerprint density at radius 2 is 2.21 bits per heavy atom. The molecule has 132 valence electrons. The smallest absolute Gasteiger partial charge is 0.274 e. The van der Waals surface area contributed by atoms with Gasteiger partial charge >= 0.3 is 0 Å². The number of hydrogen-bond acceptors (Lipinski definition) is 5. The van der Waals surface area contributed by atoms with Crippen LogP contribution in [0.2, 0.25) is 0 Å². The second-order valence-electron chi connectivity index (χ2n) is 6.03. The van der Waals surface area contributed by atoms with Gasteiger partial charge in [0.2, 0.25) is 5.91 Å². The van der Waals surface area contributed by atoms with Crippen molar-refractivity contribution in [1.29, 1.82) is 0 Å². The summed E-state index contributed by atoms with van der Waals surface area (Å²) in [7, 11) is 0. The molecule has 0 aliphatic carbocycles. The molecule has 2 heterocycles. The molecule has 7 nitrogen and oxygen atoms in total. The van der Waals surface area contributed by atoms with Crippen molar-refractivity contribution in [3.8, 4) is 0 Å². The number of aryl methyl sites for hydroxylation is 1. The molecule has 2 rings (SSSR count). The molecule has 0 unspecified atom stereocenters. The van der Waals surface area contributed by atoms with Crippen molar-refractivity contribution < 1.29 is 14.3 Å². The average molecular weight is 334 g/mol. The Kier molecular flexibility index (Phi) is 7.11. The van der Waals surface area contributed by atoms with Crippen LogP contribution >= 0.6 is 0 Å². The number of hydrogen-bond donors (Lipinski definition) is 1. The second kappa shape index (κ2) is 9.32. The van der Waals surface area contributed by atoms with Crippen LogP contribution in [0.5, 0.6) is 0 Å². The summed E-state index contributed by atoms with van der Waals surface area (Å²) in [6.45, 7) is 6.04. The van der Waals surface area contributed by atoms with Crippen molar-refractivity contribution in [2.24, 2.45) is 0 Å². The first-order valence-electron chi connectivity index (χ1n) is 8.56. The van der Waals surface area contributed by atoms with Gasteiger partial charge in [0, 0.05) is 38.9 Å². The summed E-state index contributed by atoms with van der Waals surface area (Å²) in [5.74, 6) is -0.252. The maximum Gasteiger partial charge on any atom is 0.274 e. The van der Waals surface area contributed by atoms with Gasteiger partial charge in [-0.2, -0.15) is 0 Å². The van der Waals surface area contributed by atoms with Crippen LogP contribution in [-0.2, 0) is 9.53 Å². The van der Waals surface area contributed by atoms with E-state index in [1.54, 1.807) is 11.1 Å². The Labute approximate surface area is 142 Å². The van der Waals surface area contributed by atoms with Crippen molar-refractivity contribution in [1.82, 2.24) is 20.2 Å². The van der Waals surface area contributed by atoms with Crippen LogP contribution in [0, 0.1) is 6.92 Å². The van der Waals surface area contributed by atoms with E-state index in [2.05, 4.69) is 15.3 Å². The molecule has 1 N–H and O–H groups in total. The summed E-state index contributed by atoms with van der Waals surface area (Å²) < 4.78 is 5.63. The van der Waals surface area contributed by atoms with E-state index in [-0.39, 0.29) is 24.3 Å². The van der Waals surface area contributed by atoms with Gasteiger partial charge in [0.05, 0.1) is 18.0 Å². The van der Waals surface area contributed by atoms with Crippen molar-refractivity contribution >= 4 is 11.8 Å². The maximum atomic E-state index is 12.7. The summed E-state index contributed by atoms with van der Waals surface area (Å²) in [4.78, 5) is 34.5. The Hall–Kier alpha value is -2.02. The van der Waals surface area contributed by atoms with Crippen molar-refractivity contribution in [2.75, 3.05) is 26.2 Å². The fourth-order valence-corrected chi connectivity index (χ4v) is 2.56. The molecule has 1 aromatic rings. The van der Waals surface area contributed by atoms with Gasteiger partial charge in [-0.05, 0) is 26.2 Å². The number of nitrogens with one attached hydrogen (secondary N) is 1. The minimum atomic E-state index is -0.207. The van der Waals surface area contributed by atoms with Gasteiger partial charge in [-0.3, -0.25) is 14.6 Å². The highest BCUT2D eigenvalue weighted by Gasteiger charge is 2.24. The highest BCUT2D eigenvalue weighted by Crippen LogP contribution is 2.15. The van der Waals surface area contributed by atoms with E-state index in [1.807, 2.05) is 13.8 Å². The lowest BCUT2D eigenvalue weighted by Crippen LogP contribution is -2.40. The highest BCUT2D eigenvalue weighted by molar-refractivity contribution is 5.92. The largest absolute Gasteiger partial charge is 0.376 e. The SMILES string of the molecule is CCCNC(=O)CCN(C[C@H]1CCCO1)C(=O)c1cnc(C)cn1. The predicted molar refractivity (Wildman–Crippen MR) is 89.6 cm³/mol. The van der Waals surface area contributed by atoms with E-state index in [0.717, 1.165) is 31.6 Å². The Bertz CT molecular complexity index is 541. The van der Waals surface area contributed by atoms with E-state index in [1.165, 1.54) is 6.20 Å². The zero-order valence-electron chi connectivity index (χ0n) is 14.5. The number of carbonyl (C=O) groups excluding carboxylic acids is 2. The molecule has 0 saturated carbocycles. The van der Waals surface area contributed by atoms with Crippen LogP contribution in [0.3, 0.4) is 0 Å². The third kappa shape index (κ3) is 5.56. The third-order valence-electron chi connectivity index (χ3n) is 3.92. The fourth-order valence-electron chi connectivity index (χ4n) is 2.56. The van der Waals surface area contributed by atoms with E-state index < -0.39 is 0 Å². The summed E-state index contributed by atoms with van der Waals surface area (Å²) in [6.07, 6.45) is 6.20. The number of aromatic nitrogens is 2. The van der Waals surface area contributed by atoms with Crippen LogP contribution in [-0.4, -0.2) is 59.0 Å². The molecule has 1 aromatic heterocycles. The first-order chi connectivity index (χ1) is 11.6. The van der Waals surface area contributed by atoms with Gasteiger partial charge in [0.1, 0.15) is 5.69 Å². The highest BCUT2D eigenvalue weighted by atomic mass is 16.5. The summed E-state index contributed by atoms with van der Waals surface area (Å²) in [5.41, 5.74) is 1.06. The van der Waals surface area contributed by atoms with Gasteiger partial charge < -0.3 is 15.0 Å². The Balaban J connectivity index is 1.99. The lowest BCUT2D eigenvalue weighted by molar-refractivity contribution is -0.121. The molecule has 0 bridgehead atoms. The molecule has 1 saturated heterocycles. The number of rotatable bonds is 8. The van der Waals surface area contributed by atoms with E-state index in [0.29, 0.717) is 25.3 Å². The summed E-state index contributed by atoms with van der Waals surface area (Å²) in [6, 6.07) is 0. The summed E-state index contributed by atoms with van der Waals surface area (Å²) >= 11 is 0.